The van der Waals surface area contributed by atoms with Crippen molar-refractivity contribution < 1.29 is 27.4 Å². The van der Waals surface area contributed by atoms with Gasteiger partial charge in [-0.25, -0.2) is 4.39 Å². The molecule has 0 amide bonds. The van der Waals surface area contributed by atoms with Gasteiger partial charge >= 0.3 is 6.18 Å². The quantitative estimate of drug-likeness (QED) is 0.204. The van der Waals surface area contributed by atoms with Crippen molar-refractivity contribution in [2.75, 3.05) is 5.32 Å². The van der Waals surface area contributed by atoms with E-state index in [1.807, 2.05) is 0 Å². The monoisotopic (exact) mass is 388 g/mol. The van der Waals surface area contributed by atoms with Gasteiger partial charge in [0.05, 0.1) is 15.4 Å². The van der Waals surface area contributed by atoms with Crippen LogP contribution in [0, 0.1) is 25.6 Å². The predicted octanol–water partition coefficient (Wildman–Crippen LogP) is 3.60. The lowest BCUT2D eigenvalue weighted by molar-refractivity contribution is -0.392. The fourth-order valence-corrected chi connectivity index (χ4v) is 1.50. The van der Waals surface area contributed by atoms with Crippen molar-refractivity contribution in [1.29, 1.82) is 5.41 Å². The number of nitro groups is 2. The van der Waals surface area contributed by atoms with Crippen LogP contribution in [0.1, 0.15) is 5.56 Å². The van der Waals surface area contributed by atoms with Crippen molar-refractivity contribution in [3.8, 4) is 0 Å². The van der Waals surface area contributed by atoms with Crippen LogP contribution in [0.15, 0.2) is 12.1 Å². The maximum Gasteiger partial charge on any atom is 0.416 e. The minimum atomic E-state index is -5.06. The number of nitrogens with zero attached hydrogens (tertiary/aromatic N) is 2. The lowest BCUT2D eigenvalue weighted by Crippen LogP contribution is -2.20. The molecule has 0 aliphatic heterocycles. The normalized spacial score (nSPS) is 12.6. The molecule has 120 valence electrons. The molecule has 2 N–H and O–H groups in total. The van der Waals surface area contributed by atoms with Gasteiger partial charge < -0.3 is 5.32 Å². The number of anilines is 1. The van der Waals surface area contributed by atoms with Crippen LogP contribution in [-0.2, 0) is 6.18 Å². The third-order valence-corrected chi connectivity index (χ3v) is 2.75. The van der Waals surface area contributed by atoms with Crippen LogP contribution in [0.3, 0.4) is 0 Å². The number of benzene rings is 1. The first kappa shape index (κ1) is 17.7. The van der Waals surface area contributed by atoms with Crippen LogP contribution < -0.4 is 5.32 Å². The van der Waals surface area contributed by atoms with Crippen LogP contribution in [0.2, 0.25) is 0 Å². The van der Waals surface area contributed by atoms with Crippen LogP contribution in [0.5, 0.6) is 0 Å². The zero-order valence-corrected chi connectivity index (χ0v) is 11.7. The van der Waals surface area contributed by atoms with E-state index in [0.717, 1.165) is 0 Å². The molecule has 22 heavy (non-hydrogen) atoms. The van der Waals surface area contributed by atoms with Crippen LogP contribution in [0.4, 0.5) is 34.6 Å². The molecule has 0 heterocycles. The molecule has 0 aliphatic rings. The van der Waals surface area contributed by atoms with Gasteiger partial charge in [-0.15, -0.1) is 0 Å². The Morgan fingerprint density at radius 2 is 1.64 bits per heavy atom. The fraction of sp³-hybridized carbons (Fsp3) is 0.222. The molecular weight excluding hydrogens is 384 g/mol. The zero-order valence-electron chi connectivity index (χ0n) is 10.1. The Labute approximate surface area is 127 Å². The Hall–Kier alpha value is -2.31. The van der Waals surface area contributed by atoms with E-state index < -0.39 is 49.6 Å². The number of rotatable bonds is 4. The van der Waals surface area contributed by atoms with Crippen LogP contribution in [-0.4, -0.2) is 20.8 Å². The zero-order chi connectivity index (χ0) is 17.2. The Kier molecular flexibility index (Phi) is 5.01. The number of amidine groups is 1. The summed E-state index contributed by atoms with van der Waals surface area (Å²) in [5, 5.41) is 28.4. The highest BCUT2D eigenvalue weighted by Crippen LogP contribution is 2.41. The molecule has 1 rings (SSSR count). The number of nitro benzene ring substituents is 2. The third kappa shape index (κ3) is 3.87. The van der Waals surface area contributed by atoms with Gasteiger partial charge in [0.25, 0.3) is 11.4 Å². The molecule has 13 heteroatoms. The van der Waals surface area contributed by atoms with Gasteiger partial charge in [-0.2, -0.15) is 13.2 Å². The van der Waals surface area contributed by atoms with Gasteiger partial charge in [-0.3, -0.25) is 25.6 Å². The number of alkyl halides is 5. The van der Waals surface area contributed by atoms with Crippen molar-refractivity contribution in [3.05, 3.63) is 37.9 Å². The van der Waals surface area contributed by atoms with E-state index in [1.54, 1.807) is 5.32 Å². The van der Waals surface area contributed by atoms with Crippen molar-refractivity contribution in [2.24, 2.45) is 0 Å². The summed E-state index contributed by atoms with van der Waals surface area (Å²) in [6, 6.07) is 0.119. The topological polar surface area (TPSA) is 122 Å². The Balaban J connectivity index is 3.61. The van der Waals surface area contributed by atoms with Crippen molar-refractivity contribution >= 4 is 38.8 Å². The lowest BCUT2D eigenvalue weighted by Gasteiger charge is -2.12. The molecule has 0 aromatic heterocycles. The number of halogens is 5. The molecule has 1 aromatic carbocycles. The molecule has 0 fully saturated rings. The van der Waals surface area contributed by atoms with Crippen molar-refractivity contribution in [3.63, 3.8) is 0 Å². The van der Waals surface area contributed by atoms with Crippen LogP contribution >= 0.6 is 15.9 Å². The molecule has 1 unspecified atom stereocenters. The summed E-state index contributed by atoms with van der Waals surface area (Å²) >= 11 is 2.29. The fourth-order valence-electron chi connectivity index (χ4n) is 1.38. The molecule has 0 aliphatic carbocycles. The average Bonchev–Trinajstić information content (AvgIpc) is 2.36. The first-order valence-electron chi connectivity index (χ1n) is 5.12. The minimum Gasteiger partial charge on any atom is -0.330 e. The molecule has 0 saturated heterocycles. The summed E-state index contributed by atoms with van der Waals surface area (Å²) in [4.78, 5) is 19.0. The number of hydrogen-bond acceptors (Lipinski definition) is 5. The summed E-state index contributed by atoms with van der Waals surface area (Å²) in [7, 11) is 0. The highest BCUT2D eigenvalue weighted by Gasteiger charge is 2.38. The lowest BCUT2D eigenvalue weighted by atomic mass is 10.1. The van der Waals surface area contributed by atoms with Gasteiger partial charge in [0.2, 0.25) is 5.08 Å². The van der Waals surface area contributed by atoms with Crippen LogP contribution in [0.25, 0.3) is 0 Å². The second-order valence-corrected chi connectivity index (χ2v) is 4.54. The largest absolute Gasteiger partial charge is 0.416 e. The summed E-state index contributed by atoms with van der Waals surface area (Å²) in [5.74, 6) is -1.05. The first-order chi connectivity index (χ1) is 9.95. The minimum absolute atomic E-state index is 0.0596. The number of hydrogen-bond donors (Lipinski definition) is 2. The first-order valence-corrected chi connectivity index (χ1v) is 6.04. The predicted molar refractivity (Wildman–Crippen MR) is 69.9 cm³/mol. The van der Waals surface area contributed by atoms with Gasteiger partial charge in [-0.1, -0.05) is 0 Å². The smallest absolute Gasteiger partial charge is 0.330 e. The second kappa shape index (κ2) is 6.21. The average molecular weight is 389 g/mol. The van der Waals surface area contributed by atoms with E-state index in [9.17, 15) is 37.8 Å². The van der Waals surface area contributed by atoms with E-state index in [0.29, 0.717) is 0 Å². The summed E-state index contributed by atoms with van der Waals surface area (Å²) in [5.41, 5.74) is -5.24. The Bertz CT molecular complexity index is 614. The Morgan fingerprint density at radius 3 is 1.91 bits per heavy atom. The summed E-state index contributed by atoms with van der Waals surface area (Å²) in [6.07, 6.45) is -5.06. The molecular formula is C9H5BrF4N4O4. The van der Waals surface area contributed by atoms with Crippen molar-refractivity contribution in [1.82, 2.24) is 0 Å². The second-order valence-electron chi connectivity index (χ2n) is 3.74. The van der Waals surface area contributed by atoms with Gasteiger partial charge in [0.1, 0.15) is 5.84 Å². The summed E-state index contributed by atoms with van der Waals surface area (Å²) < 4.78 is 50.7. The van der Waals surface area contributed by atoms with E-state index in [-0.39, 0.29) is 12.1 Å². The summed E-state index contributed by atoms with van der Waals surface area (Å²) in [6.45, 7) is 0. The maximum absolute atomic E-state index is 12.8. The van der Waals surface area contributed by atoms with Gasteiger partial charge in [0, 0.05) is 12.1 Å². The molecule has 0 bridgehead atoms. The van der Waals surface area contributed by atoms with Crippen molar-refractivity contribution in [2.45, 2.75) is 11.3 Å². The maximum atomic E-state index is 12.8. The molecule has 1 atom stereocenters. The molecule has 0 radical (unpaired) electrons. The molecule has 1 aromatic rings. The third-order valence-electron chi connectivity index (χ3n) is 2.30. The molecule has 8 nitrogen and oxygen atoms in total. The standard InChI is InChI=1S/C9H5BrF4N4O4/c10-7(11)8(15)16-6-4(17(19)20)1-3(9(12,13)14)2-5(6)18(21)22/h1-2,7H,(H2,15,16). The highest BCUT2D eigenvalue weighted by molar-refractivity contribution is 9.09. The molecule has 0 saturated carbocycles. The van der Waals surface area contributed by atoms with E-state index in [4.69, 9.17) is 5.41 Å². The number of nitrogens with one attached hydrogen (secondary N) is 2. The Morgan fingerprint density at radius 1 is 1.23 bits per heavy atom. The van der Waals surface area contributed by atoms with Gasteiger partial charge in [0.15, 0.2) is 5.69 Å². The van der Waals surface area contributed by atoms with E-state index >= 15 is 0 Å². The highest BCUT2D eigenvalue weighted by atomic mass is 79.9. The van der Waals surface area contributed by atoms with E-state index in [2.05, 4.69) is 15.9 Å². The molecule has 0 spiro atoms. The SMILES string of the molecule is N=C(Nc1c([N+](=O)[O-])cc(C(F)(F)F)cc1[N+](=O)[O-])C(F)Br. The van der Waals surface area contributed by atoms with E-state index in [1.165, 1.54) is 0 Å². The van der Waals surface area contributed by atoms with Gasteiger partial charge in [-0.05, 0) is 15.9 Å².